The molecule has 0 bridgehead atoms. The molecule has 1 atom stereocenters. The molecule has 1 saturated carbocycles. The molecule has 1 aliphatic heterocycles. The Morgan fingerprint density at radius 1 is 1.22 bits per heavy atom. The Hall–Kier alpha value is -2.10. The van der Waals surface area contributed by atoms with Gasteiger partial charge in [0.2, 0.25) is 5.91 Å². The SMILES string of the molecule is CC1Cc2cc(C(N)=O)ccc2/C(=C/C(=O)C2CCCCC2)N1. The molecule has 1 aromatic rings. The van der Waals surface area contributed by atoms with Gasteiger partial charge in [-0.05, 0) is 43.9 Å². The summed E-state index contributed by atoms with van der Waals surface area (Å²) in [5.41, 5.74) is 8.87. The van der Waals surface area contributed by atoms with Crippen LogP contribution in [0, 0.1) is 5.92 Å². The van der Waals surface area contributed by atoms with Crippen molar-refractivity contribution in [1.82, 2.24) is 5.32 Å². The molecular weight excluding hydrogens is 288 g/mol. The van der Waals surface area contributed by atoms with E-state index in [1.807, 2.05) is 12.1 Å². The number of amides is 1. The lowest BCUT2D eigenvalue weighted by atomic mass is 9.85. The summed E-state index contributed by atoms with van der Waals surface area (Å²) in [6, 6.07) is 5.72. The summed E-state index contributed by atoms with van der Waals surface area (Å²) in [5, 5.41) is 3.42. The van der Waals surface area contributed by atoms with Crippen molar-refractivity contribution in [2.45, 2.75) is 51.5 Å². The third-order valence-corrected chi connectivity index (χ3v) is 4.90. The van der Waals surface area contributed by atoms with Gasteiger partial charge in [0.1, 0.15) is 0 Å². The van der Waals surface area contributed by atoms with Gasteiger partial charge in [-0.3, -0.25) is 9.59 Å². The number of nitrogens with two attached hydrogens (primary N) is 1. The Bertz CT molecular complexity index is 657. The van der Waals surface area contributed by atoms with E-state index in [0.717, 1.165) is 48.9 Å². The number of primary amides is 1. The molecule has 4 heteroatoms. The molecule has 0 radical (unpaired) electrons. The molecule has 122 valence electrons. The average molecular weight is 312 g/mol. The number of hydrogen-bond donors (Lipinski definition) is 2. The molecule has 1 heterocycles. The summed E-state index contributed by atoms with van der Waals surface area (Å²) < 4.78 is 0. The van der Waals surface area contributed by atoms with E-state index in [2.05, 4.69) is 12.2 Å². The van der Waals surface area contributed by atoms with E-state index >= 15 is 0 Å². The molecule has 1 aromatic carbocycles. The predicted molar refractivity (Wildman–Crippen MR) is 90.8 cm³/mol. The Balaban J connectivity index is 1.90. The maximum absolute atomic E-state index is 12.6. The Kier molecular flexibility index (Phi) is 4.51. The van der Waals surface area contributed by atoms with E-state index in [4.69, 9.17) is 5.73 Å². The Labute approximate surface area is 137 Å². The Morgan fingerprint density at radius 3 is 2.65 bits per heavy atom. The second-order valence-corrected chi connectivity index (χ2v) is 6.78. The number of fused-ring (bicyclic) bond motifs is 1. The van der Waals surface area contributed by atoms with E-state index in [9.17, 15) is 9.59 Å². The number of ketones is 1. The zero-order chi connectivity index (χ0) is 16.4. The van der Waals surface area contributed by atoms with Gasteiger partial charge in [-0.1, -0.05) is 25.3 Å². The molecule has 1 unspecified atom stereocenters. The third kappa shape index (κ3) is 3.46. The molecular formula is C19H24N2O2. The fourth-order valence-electron chi connectivity index (χ4n) is 3.67. The van der Waals surface area contributed by atoms with Gasteiger partial charge in [-0.15, -0.1) is 0 Å². The van der Waals surface area contributed by atoms with Crippen molar-refractivity contribution in [3.63, 3.8) is 0 Å². The van der Waals surface area contributed by atoms with Crippen LogP contribution in [-0.2, 0) is 11.2 Å². The van der Waals surface area contributed by atoms with Gasteiger partial charge in [0.25, 0.3) is 0 Å². The number of carbonyl (C=O) groups excluding carboxylic acids is 2. The largest absolute Gasteiger partial charge is 0.382 e. The minimum atomic E-state index is -0.414. The van der Waals surface area contributed by atoms with Crippen molar-refractivity contribution >= 4 is 17.4 Å². The maximum Gasteiger partial charge on any atom is 0.248 e. The quantitative estimate of drug-likeness (QED) is 0.843. The van der Waals surface area contributed by atoms with E-state index < -0.39 is 5.91 Å². The third-order valence-electron chi connectivity index (χ3n) is 4.90. The van der Waals surface area contributed by atoms with Crippen LogP contribution >= 0.6 is 0 Å². The zero-order valence-electron chi connectivity index (χ0n) is 13.6. The van der Waals surface area contributed by atoms with Crippen molar-refractivity contribution < 1.29 is 9.59 Å². The highest BCUT2D eigenvalue weighted by Gasteiger charge is 2.24. The van der Waals surface area contributed by atoms with Gasteiger partial charge in [-0.2, -0.15) is 0 Å². The summed E-state index contributed by atoms with van der Waals surface area (Å²) in [7, 11) is 0. The standard InChI is InChI=1S/C19H24N2O2/c1-12-9-15-10-14(19(20)23)7-8-16(15)17(21-12)11-18(22)13-5-3-2-4-6-13/h7-8,10-13,21H,2-6,9H2,1H3,(H2,20,23)/b17-11-. The van der Waals surface area contributed by atoms with Gasteiger partial charge < -0.3 is 11.1 Å². The summed E-state index contributed by atoms with van der Waals surface area (Å²) in [4.78, 5) is 23.9. The van der Waals surface area contributed by atoms with E-state index in [0.29, 0.717) is 5.56 Å². The molecule has 3 rings (SSSR count). The van der Waals surface area contributed by atoms with E-state index in [1.54, 1.807) is 12.1 Å². The highest BCUT2D eigenvalue weighted by Crippen LogP contribution is 2.29. The fourth-order valence-corrected chi connectivity index (χ4v) is 3.67. The lowest BCUT2D eigenvalue weighted by Crippen LogP contribution is -2.33. The van der Waals surface area contributed by atoms with E-state index in [1.165, 1.54) is 6.42 Å². The topological polar surface area (TPSA) is 72.2 Å². The average Bonchev–Trinajstić information content (AvgIpc) is 2.54. The molecule has 1 aliphatic carbocycles. The molecule has 3 N–H and O–H groups in total. The summed E-state index contributed by atoms with van der Waals surface area (Å²) in [5.74, 6) is -0.0161. The lowest BCUT2D eigenvalue weighted by Gasteiger charge is -2.28. The highest BCUT2D eigenvalue weighted by molar-refractivity contribution is 5.99. The summed E-state index contributed by atoms with van der Waals surface area (Å²) in [6.07, 6.45) is 8.16. The van der Waals surface area contributed by atoms with Crippen LogP contribution in [0.15, 0.2) is 24.3 Å². The second kappa shape index (κ2) is 6.57. The number of allylic oxidation sites excluding steroid dienone is 1. The number of rotatable bonds is 3. The minimum absolute atomic E-state index is 0.170. The molecule has 1 fully saturated rings. The molecule has 2 aliphatic rings. The van der Waals surface area contributed by atoms with Gasteiger partial charge >= 0.3 is 0 Å². The van der Waals surface area contributed by atoms with Crippen LogP contribution in [0.1, 0.15) is 60.5 Å². The zero-order valence-corrected chi connectivity index (χ0v) is 13.6. The number of hydrogen-bond acceptors (Lipinski definition) is 3. The first-order chi connectivity index (χ1) is 11.0. The van der Waals surface area contributed by atoms with Crippen LogP contribution in [0.2, 0.25) is 0 Å². The molecule has 0 spiro atoms. The predicted octanol–water partition coefficient (Wildman–Crippen LogP) is 2.81. The molecule has 1 amide bonds. The van der Waals surface area contributed by atoms with Crippen molar-refractivity contribution in [2.24, 2.45) is 11.7 Å². The van der Waals surface area contributed by atoms with Crippen molar-refractivity contribution in [3.05, 3.63) is 41.0 Å². The summed E-state index contributed by atoms with van der Waals surface area (Å²) in [6.45, 7) is 2.08. The van der Waals surface area contributed by atoms with Crippen LogP contribution in [0.25, 0.3) is 5.70 Å². The lowest BCUT2D eigenvalue weighted by molar-refractivity contribution is -0.119. The van der Waals surface area contributed by atoms with Gasteiger partial charge in [-0.25, -0.2) is 0 Å². The first kappa shape index (κ1) is 15.8. The van der Waals surface area contributed by atoms with Crippen LogP contribution in [0.3, 0.4) is 0 Å². The van der Waals surface area contributed by atoms with E-state index in [-0.39, 0.29) is 17.7 Å². The van der Waals surface area contributed by atoms with Crippen LogP contribution in [0.4, 0.5) is 0 Å². The highest BCUT2D eigenvalue weighted by atomic mass is 16.1. The fraction of sp³-hybridized carbons (Fsp3) is 0.474. The summed E-state index contributed by atoms with van der Waals surface area (Å²) >= 11 is 0. The monoisotopic (exact) mass is 312 g/mol. The molecule has 0 aromatic heterocycles. The first-order valence-corrected chi connectivity index (χ1v) is 8.50. The number of benzene rings is 1. The van der Waals surface area contributed by atoms with Crippen molar-refractivity contribution in [2.75, 3.05) is 0 Å². The van der Waals surface area contributed by atoms with Gasteiger partial charge in [0.05, 0.1) is 0 Å². The van der Waals surface area contributed by atoms with Crippen molar-refractivity contribution in [1.29, 1.82) is 0 Å². The normalized spacial score (nSPS) is 23.2. The molecule has 0 saturated heterocycles. The smallest absolute Gasteiger partial charge is 0.248 e. The van der Waals surface area contributed by atoms with Crippen LogP contribution < -0.4 is 11.1 Å². The maximum atomic E-state index is 12.6. The molecule has 4 nitrogen and oxygen atoms in total. The van der Waals surface area contributed by atoms with Gasteiger partial charge in [0.15, 0.2) is 5.78 Å². The van der Waals surface area contributed by atoms with Crippen LogP contribution in [-0.4, -0.2) is 17.7 Å². The van der Waals surface area contributed by atoms with Crippen LogP contribution in [0.5, 0.6) is 0 Å². The number of carbonyl (C=O) groups is 2. The van der Waals surface area contributed by atoms with Gasteiger partial charge in [0, 0.05) is 34.9 Å². The van der Waals surface area contributed by atoms with Crippen molar-refractivity contribution in [3.8, 4) is 0 Å². The molecule has 23 heavy (non-hydrogen) atoms. The second-order valence-electron chi connectivity index (χ2n) is 6.78. The Morgan fingerprint density at radius 2 is 1.96 bits per heavy atom. The number of nitrogens with one attached hydrogen (secondary N) is 1. The minimum Gasteiger partial charge on any atom is -0.382 e. The first-order valence-electron chi connectivity index (χ1n) is 8.50.